The topological polar surface area (TPSA) is 36.0 Å². The number of benzene rings is 2. The Bertz CT molecular complexity index is 865. The van der Waals surface area contributed by atoms with E-state index in [4.69, 9.17) is 4.74 Å². The molecular formula is C23H29N3O2S. The Hall–Kier alpha value is -1.86. The number of hydrogen-bond acceptors (Lipinski definition) is 6. The fraction of sp³-hybridized carbons (Fsp3) is 0.435. The molecule has 1 fully saturated rings. The van der Waals surface area contributed by atoms with Crippen molar-refractivity contribution in [1.29, 1.82) is 0 Å². The number of para-hydroxylation sites is 1. The van der Waals surface area contributed by atoms with Gasteiger partial charge < -0.3 is 14.5 Å². The number of morpholine rings is 1. The monoisotopic (exact) mass is 411 g/mol. The highest BCUT2D eigenvalue weighted by Gasteiger charge is 2.24. The van der Waals surface area contributed by atoms with E-state index >= 15 is 0 Å². The highest BCUT2D eigenvalue weighted by molar-refractivity contribution is 7.99. The lowest BCUT2D eigenvalue weighted by molar-refractivity contribution is 0.0371. The third-order valence-electron chi connectivity index (χ3n) is 5.41. The molecule has 0 unspecified atom stereocenters. The maximum atomic E-state index is 12.9. The van der Waals surface area contributed by atoms with Crippen LogP contribution in [0.25, 0.3) is 0 Å². The van der Waals surface area contributed by atoms with Crippen LogP contribution in [0.2, 0.25) is 0 Å². The molecular weight excluding hydrogens is 382 g/mol. The molecule has 0 aliphatic carbocycles. The second kappa shape index (κ2) is 9.30. The second-order valence-electron chi connectivity index (χ2n) is 7.87. The third-order valence-corrected chi connectivity index (χ3v) is 6.54. The largest absolute Gasteiger partial charge is 0.379 e. The van der Waals surface area contributed by atoms with Gasteiger partial charge >= 0.3 is 0 Å². The maximum Gasteiger partial charge on any atom is 0.176 e. The van der Waals surface area contributed by atoms with Gasteiger partial charge in [-0.25, -0.2) is 0 Å². The van der Waals surface area contributed by atoms with Crippen molar-refractivity contribution in [3.05, 3.63) is 48.0 Å². The van der Waals surface area contributed by atoms with Gasteiger partial charge in [-0.1, -0.05) is 30.0 Å². The van der Waals surface area contributed by atoms with Crippen LogP contribution in [0, 0.1) is 0 Å². The van der Waals surface area contributed by atoms with Crippen molar-refractivity contribution in [2.24, 2.45) is 0 Å². The van der Waals surface area contributed by atoms with Crippen LogP contribution >= 0.6 is 11.8 Å². The Morgan fingerprint density at radius 1 is 1.07 bits per heavy atom. The van der Waals surface area contributed by atoms with Gasteiger partial charge in [-0.05, 0) is 51.3 Å². The molecule has 1 saturated heterocycles. The standard InChI is InChI=1S/C23H29N3O2S/c1-24(2)10-5-11-26-19-6-3-4-7-22(19)29-23-9-8-18(16-20(23)26)21(27)17-25-12-14-28-15-13-25/h3-4,6-9,16H,5,10-15,17H2,1-2H3. The summed E-state index contributed by atoms with van der Waals surface area (Å²) in [7, 11) is 4.21. The number of fused-ring (bicyclic) bond motifs is 2. The summed E-state index contributed by atoms with van der Waals surface area (Å²) in [5, 5.41) is 0. The molecule has 0 bridgehead atoms. The molecule has 2 heterocycles. The predicted molar refractivity (Wildman–Crippen MR) is 119 cm³/mol. The van der Waals surface area contributed by atoms with Crippen LogP contribution in [0.1, 0.15) is 16.8 Å². The van der Waals surface area contributed by atoms with E-state index in [1.807, 2.05) is 6.07 Å². The van der Waals surface area contributed by atoms with E-state index in [1.165, 1.54) is 15.5 Å². The van der Waals surface area contributed by atoms with Crippen molar-refractivity contribution >= 4 is 28.9 Å². The van der Waals surface area contributed by atoms with Gasteiger partial charge in [0.25, 0.3) is 0 Å². The number of Topliss-reactive ketones (excluding diaryl/α,β-unsaturated/α-hetero) is 1. The molecule has 5 nitrogen and oxygen atoms in total. The molecule has 0 radical (unpaired) electrons. The summed E-state index contributed by atoms with van der Waals surface area (Å²) >= 11 is 1.79. The van der Waals surface area contributed by atoms with Gasteiger partial charge in [-0.15, -0.1) is 0 Å². The van der Waals surface area contributed by atoms with Gasteiger partial charge in [0, 0.05) is 35.0 Å². The summed E-state index contributed by atoms with van der Waals surface area (Å²) in [5.74, 6) is 0.187. The summed E-state index contributed by atoms with van der Waals surface area (Å²) < 4.78 is 5.40. The predicted octanol–water partition coefficient (Wildman–Crippen LogP) is 3.76. The Morgan fingerprint density at radius 3 is 2.62 bits per heavy atom. The first kappa shape index (κ1) is 20.4. The normalized spacial score (nSPS) is 16.6. The number of carbonyl (C=O) groups excluding carboxylic acids is 1. The molecule has 0 aromatic heterocycles. The van der Waals surface area contributed by atoms with Gasteiger partial charge in [-0.2, -0.15) is 0 Å². The highest BCUT2D eigenvalue weighted by atomic mass is 32.2. The van der Waals surface area contributed by atoms with Crippen molar-refractivity contribution in [3.8, 4) is 0 Å². The highest BCUT2D eigenvalue weighted by Crippen LogP contribution is 2.48. The average molecular weight is 412 g/mol. The van der Waals surface area contributed by atoms with Gasteiger partial charge in [0.1, 0.15) is 0 Å². The van der Waals surface area contributed by atoms with Crippen molar-refractivity contribution in [2.75, 3.05) is 64.9 Å². The average Bonchev–Trinajstić information content (AvgIpc) is 2.73. The number of ketones is 1. The molecule has 154 valence electrons. The quantitative estimate of drug-likeness (QED) is 0.646. The number of rotatable bonds is 7. The number of nitrogens with zero attached hydrogens (tertiary/aromatic N) is 3. The third kappa shape index (κ3) is 4.83. The van der Waals surface area contributed by atoms with Gasteiger partial charge in [0.2, 0.25) is 0 Å². The first-order valence-corrected chi connectivity index (χ1v) is 11.1. The molecule has 0 amide bonds. The second-order valence-corrected chi connectivity index (χ2v) is 8.96. The lowest BCUT2D eigenvalue weighted by atomic mass is 10.1. The first-order valence-electron chi connectivity index (χ1n) is 10.3. The molecule has 0 atom stereocenters. The molecule has 0 saturated carbocycles. The van der Waals surface area contributed by atoms with Gasteiger partial charge in [0.05, 0.1) is 31.1 Å². The van der Waals surface area contributed by atoms with Crippen LogP contribution in [-0.2, 0) is 4.74 Å². The lowest BCUT2D eigenvalue weighted by Crippen LogP contribution is -2.39. The molecule has 29 heavy (non-hydrogen) atoms. The van der Waals surface area contributed by atoms with Crippen molar-refractivity contribution in [1.82, 2.24) is 9.80 Å². The van der Waals surface area contributed by atoms with E-state index in [2.05, 4.69) is 65.2 Å². The Kier molecular flexibility index (Phi) is 6.55. The lowest BCUT2D eigenvalue weighted by Gasteiger charge is -2.33. The molecule has 0 spiro atoms. The zero-order valence-corrected chi connectivity index (χ0v) is 18.1. The summed E-state index contributed by atoms with van der Waals surface area (Å²) in [4.78, 5) is 22.2. The summed E-state index contributed by atoms with van der Waals surface area (Å²) in [6.07, 6.45) is 1.07. The molecule has 2 aliphatic heterocycles. The summed E-state index contributed by atoms with van der Waals surface area (Å²) in [6, 6.07) is 14.7. The summed E-state index contributed by atoms with van der Waals surface area (Å²) in [5.41, 5.74) is 3.19. The Labute approximate surface area is 177 Å². The van der Waals surface area contributed by atoms with Gasteiger partial charge in [0.15, 0.2) is 5.78 Å². The number of ether oxygens (including phenoxy) is 1. The van der Waals surface area contributed by atoms with Crippen LogP contribution in [0.5, 0.6) is 0 Å². The van der Waals surface area contributed by atoms with E-state index in [0.29, 0.717) is 19.8 Å². The van der Waals surface area contributed by atoms with E-state index in [1.54, 1.807) is 11.8 Å². The van der Waals surface area contributed by atoms with Crippen molar-refractivity contribution in [3.63, 3.8) is 0 Å². The fourth-order valence-corrected chi connectivity index (χ4v) is 4.92. The van der Waals surface area contributed by atoms with E-state index < -0.39 is 0 Å². The molecule has 2 aliphatic rings. The van der Waals surface area contributed by atoms with E-state index in [0.717, 1.165) is 43.9 Å². The molecule has 0 N–H and O–H groups in total. The van der Waals surface area contributed by atoms with Crippen LogP contribution in [0.4, 0.5) is 11.4 Å². The molecule has 2 aromatic rings. The number of hydrogen-bond donors (Lipinski definition) is 0. The van der Waals surface area contributed by atoms with Crippen LogP contribution in [0.3, 0.4) is 0 Å². The zero-order valence-electron chi connectivity index (χ0n) is 17.3. The minimum atomic E-state index is 0.187. The van der Waals surface area contributed by atoms with Crippen LogP contribution in [-0.4, -0.2) is 75.6 Å². The SMILES string of the molecule is CN(C)CCCN1c2ccccc2Sc2ccc(C(=O)CN3CCOCC3)cc21. The van der Waals surface area contributed by atoms with Gasteiger partial charge in [-0.3, -0.25) is 9.69 Å². The van der Waals surface area contributed by atoms with Crippen molar-refractivity contribution in [2.45, 2.75) is 16.2 Å². The van der Waals surface area contributed by atoms with Crippen LogP contribution in [0.15, 0.2) is 52.3 Å². The minimum Gasteiger partial charge on any atom is -0.379 e. The number of anilines is 2. The Balaban J connectivity index is 1.58. The van der Waals surface area contributed by atoms with E-state index in [9.17, 15) is 4.79 Å². The zero-order chi connectivity index (χ0) is 20.2. The minimum absolute atomic E-state index is 0.187. The smallest absolute Gasteiger partial charge is 0.176 e. The van der Waals surface area contributed by atoms with Crippen LogP contribution < -0.4 is 4.90 Å². The molecule has 4 rings (SSSR count). The molecule has 6 heteroatoms. The maximum absolute atomic E-state index is 12.9. The Morgan fingerprint density at radius 2 is 1.83 bits per heavy atom. The van der Waals surface area contributed by atoms with E-state index in [-0.39, 0.29) is 5.78 Å². The fourth-order valence-electron chi connectivity index (χ4n) is 3.84. The van der Waals surface area contributed by atoms with Crippen molar-refractivity contribution < 1.29 is 9.53 Å². The summed E-state index contributed by atoms with van der Waals surface area (Å²) in [6.45, 7) is 5.52. The number of carbonyl (C=O) groups is 1. The molecule has 2 aromatic carbocycles. The first-order chi connectivity index (χ1) is 14.1.